The van der Waals surface area contributed by atoms with Crippen molar-refractivity contribution in [2.45, 2.75) is 196 Å². The van der Waals surface area contributed by atoms with Gasteiger partial charge in [-0.1, -0.05) is 365 Å². The number of rotatable bonds is 10. The van der Waals surface area contributed by atoms with Gasteiger partial charge in [-0.05, 0) is 151 Å². The van der Waals surface area contributed by atoms with Crippen molar-refractivity contribution in [1.82, 2.24) is 29.9 Å². The van der Waals surface area contributed by atoms with E-state index in [0.717, 1.165) is 48.9 Å². The van der Waals surface area contributed by atoms with Crippen LogP contribution in [0.15, 0.2) is 247 Å². The molecule has 0 unspecified atom stereocenters. The summed E-state index contributed by atoms with van der Waals surface area (Å²) < 4.78 is 13.9. The number of aromatic nitrogens is 6. The Labute approximate surface area is 641 Å². The Hall–Kier alpha value is -9.32. The van der Waals surface area contributed by atoms with Gasteiger partial charge in [0.15, 0.2) is 34.9 Å². The highest BCUT2D eigenvalue weighted by Gasteiger charge is 2.52. The van der Waals surface area contributed by atoms with Crippen molar-refractivity contribution in [2.75, 3.05) is 0 Å². The minimum atomic E-state index is -0.371. The number of hydrogen-bond acceptors (Lipinski definition) is 8. The number of hydrogen-bond donors (Lipinski definition) is 0. The van der Waals surface area contributed by atoms with E-state index in [9.17, 15) is 0 Å². The summed E-state index contributed by atoms with van der Waals surface area (Å²) in [6.45, 7) is 49.7. The third kappa shape index (κ3) is 18.9. The quantitative estimate of drug-likeness (QED) is 0.125. The predicted octanol–water partition coefficient (Wildman–Crippen LogP) is 25.3. The van der Waals surface area contributed by atoms with Crippen molar-refractivity contribution in [2.24, 2.45) is 0 Å². The molecule has 1 aliphatic rings. The van der Waals surface area contributed by atoms with E-state index in [2.05, 4.69) is 270 Å². The average Bonchev–Trinajstić information content (AvgIpc) is 1.55. The van der Waals surface area contributed by atoms with Crippen LogP contribution in [0, 0.1) is 0 Å². The van der Waals surface area contributed by atoms with E-state index in [4.69, 9.17) is 34.2 Å². The molecule has 3 heterocycles. The van der Waals surface area contributed by atoms with Gasteiger partial charge >= 0.3 is 7.12 Å². The third-order valence-corrected chi connectivity index (χ3v) is 20.6. The summed E-state index contributed by atoms with van der Waals surface area (Å²) in [7, 11) is -0.371. The van der Waals surface area contributed by atoms with Crippen LogP contribution < -0.4 is 5.46 Å². The summed E-state index contributed by atoms with van der Waals surface area (Å²) in [6, 6.07) is 85.1. The zero-order valence-corrected chi connectivity index (χ0v) is 68.1. The van der Waals surface area contributed by atoms with Gasteiger partial charge in [0.05, 0.1) is 11.2 Å². The van der Waals surface area contributed by atoms with Crippen LogP contribution in [-0.4, -0.2) is 48.2 Å². The molecule has 0 amide bonds. The van der Waals surface area contributed by atoms with E-state index in [0.29, 0.717) is 34.9 Å². The molecule has 0 atom stereocenters. The second-order valence-electron chi connectivity index (χ2n) is 35.5. The van der Waals surface area contributed by atoms with Crippen LogP contribution >= 0.6 is 15.9 Å². The minimum Gasteiger partial charge on any atom is -0.399 e. The van der Waals surface area contributed by atoms with Crippen molar-refractivity contribution < 1.29 is 9.31 Å². The molecule has 8 nitrogen and oxygen atoms in total. The number of benzene rings is 10. The lowest BCUT2D eigenvalue weighted by atomic mass is 9.73. The molecule has 2 aromatic heterocycles. The van der Waals surface area contributed by atoms with Gasteiger partial charge < -0.3 is 9.31 Å². The zero-order chi connectivity index (χ0) is 76.5. The standard InChI is InChI=1S/C45H47N3.C30H45BO2.C21H14BrN3/c1-43(2,3)37-25-34(24-35(26-37)36-27-38(44(4,5)6)29-39(28-36)45(7,8)9)30-20-22-33(23-21-30)42-47-40(31-16-12-10-13-17-31)46-41(48-42)32-18-14-11-15-19-32;1-26(2,3)22-14-20(15-23(18-22)27(4,5)6)21-16-24(28(7,8)9)19-25(17-21)31-32-29(10,11)30(12,13)33-31;22-18-13-11-17(12-14-18)21-24-19(15-7-3-1-4-8-15)23-20(25-21)16-9-5-2-6-10-16/h10-29H,1-9H3;14-19H,1-13H3;1-14H. The van der Waals surface area contributed by atoms with Gasteiger partial charge in [-0.3, -0.25) is 0 Å². The van der Waals surface area contributed by atoms with Crippen LogP contribution in [0.1, 0.15) is 186 Å². The summed E-state index contributed by atoms with van der Waals surface area (Å²) in [5.41, 5.74) is 21.8. The van der Waals surface area contributed by atoms with Crippen LogP contribution in [0.2, 0.25) is 0 Å². The van der Waals surface area contributed by atoms with Gasteiger partial charge in [0.1, 0.15) is 0 Å². The molecule has 10 aromatic carbocycles. The molecule has 0 bridgehead atoms. The van der Waals surface area contributed by atoms with Crippen molar-refractivity contribution in [1.29, 1.82) is 0 Å². The first-order valence-corrected chi connectivity index (χ1v) is 38.0. The van der Waals surface area contributed by atoms with Crippen LogP contribution in [0.25, 0.3) is 102 Å². The van der Waals surface area contributed by atoms with Gasteiger partial charge in [0.25, 0.3) is 0 Å². The van der Waals surface area contributed by atoms with Crippen molar-refractivity contribution in [3.05, 3.63) is 281 Å². The number of nitrogens with zero attached hydrogens (tertiary/aromatic N) is 6. The van der Waals surface area contributed by atoms with Crippen LogP contribution in [-0.2, 0) is 41.8 Å². The van der Waals surface area contributed by atoms with E-state index in [1.54, 1.807) is 0 Å². The summed E-state index contributed by atoms with van der Waals surface area (Å²) in [5.74, 6) is 4.00. The highest BCUT2D eigenvalue weighted by Crippen LogP contribution is 2.42. The van der Waals surface area contributed by atoms with Crippen molar-refractivity contribution in [3.8, 4) is 102 Å². The molecule has 1 fully saturated rings. The smallest absolute Gasteiger partial charge is 0.399 e. The first kappa shape index (κ1) is 77.8. The van der Waals surface area contributed by atoms with E-state index in [1.165, 1.54) is 61.2 Å². The lowest BCUT2D eigenvalue weighted by Gasteiger charge is -2.32. The normalized spacial score (nSPS) is 13.9. The van der Waals surface area contributed by atoms with E-state index < -0.39 is 0 Å². The van der Waals surface area contributed by atoms with Gasteiger partial charge in [-0.2, -0.15) is 0 Å². The summed E-state index contributed by atoms with van der Waals surface area (Å²) in [6.07, 6.45) is 0. The Morgan fingerprint density at radius 3 is 0.717 bits per heavy atom. The molecule has 542 valence electrons. The Morgan fingerprint density at radius 1 is 0.236 bits per heavy atom. The predicted molar refractivity (Wildman–Crippen MR) is 451 cm³/mol. The first-order valence-electron chi connectivity index (χ1n) is 37.3. The summed E-state index contributed by atoms with van der Waals surface area (Å²) in [5, 5.41) is 0. The van der Waals surface area contributed by atoms with Gasteiger partial charge in [-0.15, -0.1) is 0 Å². The molecule has 0 spiro atoms. The highest BCUT2D eigenvalue weighted by molar-refractivity contribution is 9.10. The maximum atomic E-state index is 6.44. The molecule has 10 heteroatoms. The molecular weight excluding hydrogens is 1360 g/mol. The van der Waals surface area contributed by atoms with E-state index in [-0.39, 0.29) is 50.8 Å². The maximum absolute atomic E-state index is 6.44. The fraction of sp³-hybridized carbons (Fsp3) is 0.312. The SMILES string of the molecule is Brc1ccc(-c2nc(-c3ccccc3)nc(-c3ccccc3)n2)cc1.CC(C)(C)c1cc(-c2ccc(-c3nc(-c4ccccc4)nc(-c4ccccc4)n3)cc2)cc(-c2cc(C(C)(C)C)cc(C(C)(C)C)c2)c1.CC(C)(C)c1cc(B2OC(C)(C)C(C)(C)O2)cc(-c2cc(C(C)(C)C)cc(C(C)(C)C)c2)c1. The molecule has 13 rings (SSSR count). The molecule has 106 heavy (non-hydrogen) atoms. The third-order valence-electron chi connectivity index (χ3n) is 20.1. The van der Waals surface area contributed by atoms with Crippen LogP contribution in [0.3, 0.4) is 0 Å². The maximum Gasteiger partial charge on any atom is 0.494 e. The highest BCUT2D eigenvalue weighted by atomic mass is 79.9. The van der Waals surface area contributed by atoms with Crippen molar-refractivity contribution in [3.63, 3.8) is 0 Å². The number of halogens is 1. The zero-order valence-electron chi connectivity index (χ0n) is 66.5. The molecule has 0 saturated carbocycles. The van der Waals surface area contributed by atoms with E-state index in [1.807, 2.05) is 146 Å². The topological polar surface area (TPSA) is 95.8 Å². The molecule has 0 radical (unpaired) electrons. The molecule has 1 aliphatic heterocycles. The van der Waals surface area contributed by atoms with Crippen LogP contribution in [0.4, 0.5) is 0 Å². The second kappa shape index (κ2) is 30.5. The summed E-state index contributed by atoms with van der Waals surface area (Å²) >= 11 is 3.47. The largest absolute Gasteiger partial charge is 0.494 e. The molecule has 0 N–H and O–H groups in total. The molecule has 0 aliphatic carbocycles. The first-order chi connectivity index (χ1) is 49.6. The average molecular weight is 1470 g/mol. The second-order valence-corrected chi connectivity index (χ2v) is 36.4. The monoisotopic (exact) mass is 1460 g/mol. The van der Waals surface area contributed by atoms with Gasteiger partial charge in [0.2, 0.25) is 0 Å². The Balaban J connectivity index is 0.000000168. The fourth-order valence-corrected chi connectivity index (χ4v) is 12.6. The Morgan fingerprint density at radius 2 is 0.443 bits per heavy atom. The van der Waals surface area contributed by atoms with Gasteiger partial charge in [0, 0.05) is 37.9 Å². The Bertz CT molecular complexity index is 4840. The van der Waals surface area contributed by atoms with Gasteiger partial charge in [-0.25, -0.2) is 29.9 Å². The molecular formula is C96H106BBrN6O2. The fourth-order valence-electron chi connectivity index (χ4n) is 12.4. The Kier molecular flexibility index (Phi) is 22.4. The molecule has 1 saturated heterocycles. The van der Waals surface area contributed by atoms with E-state index >= 15 is 0 Å². The van der Waals surface area contributed by atoms with Crippen LogP contribution in [0.5, 0.6) is 0 Å². The lowest BCUT2D eigenvalue weighted by Crippen LogP contribution is -2.41. The van der Waals surface area contributed by atoms with Crippen molar-refractivity contribution >= 4 is 28.5 Å². The lowest BCUT2D eigenvalue weighted by molar-refractivity contribution is 0.00578. The minimum absolute atomic E-state index is 0.00818. The molecule has 12 aromatic rings. The summed E-state index contributed by atoms with van der Waals surface area (Å²) in [4.78, 5) is 28.8.